The molecule has 0 amide bonds. The lowest BCUT2D eigenvalue weighted by molar-refractivity contribution is 0.0318. The molecule has 29 heavy (non-hydrogen) atoms. The third-order valence-electron chi connectivity index (χ3n) is 4.28. The Labute approximate surface area is 174 Å². The van der Waals surface area contributed by atoms with Gasteiger partial charge in [0, 0.05) is 18.7 Å². The van der Waals surface area contributed by atoms with Gasteiger partial charge in [0.15, 0.2) is 6.10 Å². The number of Topliss-reactive ketones (excluding diaryl/α,β-unsaturated/α-hetero) is 1. The van der Waals surface area contributed by atoms with Crippen LogP contribution in [-0.4, -0.2) is 43.7 Å². The van der Waals surface area contributed by atoms with Crippen LogP contribution in [0.1, 0.15) is 41.5 Å². The van der Waals surface area contributed by atoms with E-state index >= 15 is 0 Å². The van der Waals surface area contributed by atoms with Gasteiger partial charge in [-0.1, -0.05) is 25.4 Å². The number of carbonyl (C=O) groups is 2. The van der Waals surface area contributed by atoms with E-state index < -0.39 is 33.7 Å². The van der Waals surface area contributed by atoms with Crippen LogP contribution in [0.4, 0.5) is 4.39 Å². The number of hydrogen-bond acceptors (Lipinski definition) is 5. The van der Waals surface area contributed by atoms with Crippen molar-refractivity contribution in [3.05, 3.63) is 64.4 Å². The van der Waals surface area contributed by atoms with Gasteiger partial charge >= 0.3 is 5.97 Å². The molecule has 0 bridgehead atoms. The highest BCUT2D eigenvalue weighted by molar-refractivity contribution is 7.89. The number of halogens is 2. The Kier molecular flexibility index (Phi) is 7.51. The van der Waals surface area contributed by atoms with Crippen LogP contribution in [0.3, 0.4) is 0 Å². The highest BCUT2D eigenvalue weighted by Crippen LogP contribution is 2.24. The zero-order chi connectivity index (χ0) is 21.8. The minimum absolute atomic E-state index is 0.00470. The Hall–Kier alpha value is -2.29. The Balaban J connectivity index is 2.26. The van der Waals surface area contributed by atoms with E-state index in [1.807, 2.05) is 0 Å². The molecule has 1 unspecified atom stereocenters. The van der Waals surface area contributed by atoms with Gasteiger partial charge in [-0.15, -0.1) is 0 Å². The highest BCUT2D eigenvalue weighted by atomic mass is 35.5. The molecule has 0 N–H and O–H groups in total. The first-order chi connectivity index (χ1) is 13.6. The first-order valence-corrected chi connectivity index (χ1v) is 10.7. The summed E-state index contributed by atoms with van der Waals surface area (Å²) in [6.45, 7) is 5.31. The molecular weight excluding hydrogens is 421 g/mol. The van der Waals surface area contributed by atoms with Crippen LogP contribution in [0.15, 0.2) is 47.4 Å². The van der Waals surface area contributed by atoms with Gasteiger partial charge in [0.2, 0.25) is 15.8 Å². The molecule has 6 nitrogen and oxygen atoms in total. The number of carbonyl (C=O) groups excluding carboxylic acids is 2. The van der Waals surface area contributed by atoms with Crippen molar-refractivity contribution in [2.75, 3.05) is 13.1 Å². The Morgan fingerprint density at radius 1 is 1.10 bits per heavy atom. The lowest BCUT2D eigenvalue weighted by Gasteiger charge is -2.19. The molecule has 1 atom stereocenters. The molecule has 156 valence electrons. The smallest absolute Gasteiger partial charge is 0.340 e. The quantitative estimate of drug-likeness (QED) is 0.458. The van der Waals surface area contributed by atoms with Crippen molar-refractivity contribution < 1.29 is 27.1 Å². The second-order valence-electron chi connectivity index (χ2n) is 6.15. The highest BCUT2D eigenvalue weighted by Gasteiger charge is 2.26. The second kappa shape index (κ2) is 9.47. The molecule has 0 aromatic heterocycles. The fourth-order valence-electron chi connectivity index (χ4n) is 2.66. The lowest BCUT2D eigenvalue weighted by Crippen LogP contribution is -2.31. The van der Waals surface area contributed by atoms with E-state index in [-0.39, 0.29) is 34.1 Å². The summed E-state index contributed by atoms with van der Waals surface area (Å²) in [5.41, 5.74) is 0.00862. The summed E-state index contributed by atoms with van der Waals surface area (Å²) >= 11 is 6.05. The van der Waals surface area contributed by atoms with Crippen LogP contribution >= 0.6 is 11.6 Å². The number of nitrogens with zero attached hydrogens (tertiary/aromatic N) is 1. The van der Waals surface area contributed by atoms with Gasteiger partial charge < -0.3 is 4.74 Å². The van der Waals surface area contributed by atoms with Gasteiger partial charge in [0.05, 0.1) is 15.5 Å². The van der Waals surface area contributed by atoms with Gasteiger partial charge in [0.1, 0.15) is 5.82 Å². The molecule has 0 heterocycles. The molecule has 2 rings (SSSR count). The van der Waals surface area contributed by atoms with Crippen LogP contribution in [0, 0.1) is 5.82 Å². The minimum atomic E-state index is -3.80. The molecule has 0 spiro atoms. The Bertz CT molecular complexity index is 1000. The number of benzene rings is 2. The Morgan fingerprint density at radius 2 is 1.69 bits per heavy atom. The van der Waals surface area contributed by atoms with Crippen molar-refractivity contribution in [2.45, 2.75) is 31.8 Å². The molecule has 0 saturated heterocycles. The van der Waals surface area contributed by atoms with E-state index in [0.29, 0.717) is 0 Å². The van der Waals surface area contributed by atoms with Crippen molar-refractivity contribution in [1.29, 1.82) is 0 Å². The standard InChI is InChI=1S/C20H21ClFNO5S/c1-4-23(5-2)29(26,27)16-10-11-18(21)17(12-16)20(25)28-13(3)19(24)14-6-8-15(22)9-7-14/h6-13H,4-5H2,1-3H3. The summed E-state index contributed by atoms with van der Waals surface area (Å²) < 4.78 is 44.8. The fraction of sp³-hybridized carbons (Fsp3) is 0.300. The van der Waals surface area contributed by atoms with E-state index in [4.69, 9.17) is 16.3 Å². The molecule has 0 fully saturated rings. The zero-order valence-electron chi connectivity index (χ0n) is 16.2. The maximum Gasteiger partial charge on any atom is 0.340 e. The number of ketones is 1. The van der Waals surface area contributed by atoms with E-state index in [1.54, 1.807) is 13.8 Å². The number of hydrogen-bond donors (Lipinski definition) is 0. The van der Waals surface area contributed by atoms with E-state index in [1.165, 1.54) is 35.5 Å². The summed E-state index contributed by atoms with van der Waals surface area (Å²) in [5, 5.41) is -0.00470. The first kappa shape index (κ1) is 23.0. The monoisotopic (exact) mass is 441 g/mol. The largest absolute Gasteiger partial charge is 0.451 e. The summed E-state index contributed by atoms with van der Waals surface area (Å²) in [6, 6.07) is 8.55. The van der Waals surface area contributed by atoms with Crippen LogP contribution in [0.5, 0.6) is 0 Å². The predicted octanol–water partition coefficient (Wildman–Crippen LogP) is 3.94. The fourth-order valence-corrected chi connectivity index (χ4v) is 4.34. The maximum absolute atomic E-state index is 13.0. The van der Waals surface area contributed by atoms with Gasteiger partial charge in [0.25, 0.3) is 0 Å². The van der Waals surface area contributed by atoms with E-state index in [9.17, 15) is 22.4 Å². The van der Waals surface area contributed by atoms with Crippen LogP contribution in [-0.2, 0) is 14.8 Å². The maximum atomic E-state index is 13.0. The SMILES string of the molecule is CCN(CC)S(=O)(=O)c1ccc(Cl)c(C(=O)OC(C)C(=O)c2ccc(F)cc2)c1. The molecular formula is C20H21ClFNO5S. The van der Waals surface area contributed by atoms with Crippen LogP contribution < -0.4 is 0 Å². The second-order valence-corrected chi connectivity index (χ2v) is 8.49. The summed E-state index contributed by atoms with van der Waals surface area (Å²) in [5.74, 6) is -1.96. The molecule has 0 aliphatic rings. The molecule has 2 aromatic carbocycles. The summed E-state index contributed by atoms with van der Waals surface area (Å²) in [4.78, 5) is 24.8. The van der Waals surface area contributed by atoms with Gasteiger partial charge in [-0.05, 0) is 49.4 Å². The third-order valence-corrected chi connectivity index (χ3v) is 6.66. The molecule has 9 heteroatoms. The summed E-state index contributed by atoms with van der Waals surface area (Å²) in [6.07, 6.45) is -1.17. The minimum Gasteiger partial charge on any atom is -0.451 e. The molecule has 2 aromatic rings. The van der Waals surface area contributed by atoms with Crippen molar-refractivity contribution in [3.63, 3.8) is 0 Å². The van der Waals surface area contributed by atoms with Crippen molar-refractivity contribution in [2.24, 2.45) is 0 Å². The number of ether oxygens (including phenoxy) is 1. The number of sulfonamides is 1. The normalized spacial score (nSPS) is 12.6. The van der Waals surface area contributed by atoms with Gasteiger partial charge in [-0.2, -0.15) is 4.31 Å². The van der Waals surface area contributed by atoms with E-state index in [0.717, 1.165) is 18.2 Å². The van der Waals surface area contributed by atoms with E-state index in [2.05, 4.69) is 0 Å². The predicted molar refractivity (Wildman–Crippen MR) is 107 cm³/mol. The average Bonchev–Trinajstić information content (AvgIpc) is 2.68. The summed E-state index contributed by atoms with van der Waals surface area (Å²) in [7, 11) is -3.80. The van der Waals surface area contributed by atoms with Crippen molar-refractivity contribution >= 4 is 33.4 Å². The number of rotatable bonds is 8. The average molecular weight is 442 g/mol. The van der Waals surface area contributed by atoms with Gasteiger partial charge in [-0.3, -0.25) is 4.79 Å². The molecule has 0 radical (unpaired) electrons. The third kappa shape index (κ3) is 5.20. The molecule has 0 aliphatic carbocycles. The van der Waals surface area contributed by atoms with Crippen LogP contribution in [0.2, 0.25) is 5.02 Å². The van der Waals surface area contributed by atoms with Crippen molar-refractivity contribution in [3.8, 4) is 0 Å². The van der Waals surface area contributed by atoms with Gasteiger partial charge in [-0.25, -0.2) is 17.6 Å². The topological polar surface area (TPSA) is 80.8 Å². The molecule has 0 aliphatic heterocycles. The first-order valence-electron chi connectivity index (χ1n) is 8.92. The van der Waals surface area contributed by atoms with Crippen LogP contribution in [0.25, 0.3) is 0 Å². The zero-order valence-corrected chi connectivity index (χ0v) is 17.8. The number of esters is 1. The Morgan fingerprint density at radius 3 is 2.24 bits per heavy atom. The van der Waals surface area contributed by atoms with Crippen molar-refractivity contribution in [1.82, 2.24) is 4.31 Å². The molecule has 0 saturated carbocycles. The lowest BCUT2D eigenvalue weighted by atomic mass is 10.1.